The SMILES string of the molecule is c1ccc2c(CNC3CC3)ccnc2c1. The molecule has 0 unspecified atom stereocenters. The highest BCUT2D eigenvalue weighted by Gasteiger charge is 2.20. The minimum atomic E-state index is 0.761. The number of para-hydroxylation sites is 1. The molecule has 2 nitrogen and oxygen atoms in total. The highest BCUT2D eigenvalue weighted by Crippen LogP contribution is 2.21. The van der Waals surface area contributed by atoms with Crippen LogP contribution in [0.15, 0.2) is 36.5 Å². The number of fused-ring (bicyclic) bond motifs is 1. The molecule has 2 heteroatoms. The summed E-state index contributed by atoms with van der Waals surface area (Å²) in [5.74, 6) is 0. The highest BCUT2D eigenvalue weighted by molar-refractivity contribution is 5.81. The number of benzene rings is 1. The maximum Gasteiger partial charge on any atom is 0.0705 e. The van der Waals surface area contributed by atoms with Gasteiger partial charge in [0, 0.05) is 24.2 Å². The summed E-state index contributed by atoms with van der Waals surface area (Å²) in [6.45, 7) is 0.966. The van der Waals surface area contributed by atoms with E-state index in [4.69, 9.17) is 0 Å². The van der Waals surface area contributed by atoms with Crippen LogP contribution in [0.2, 0.25) is 0 Å². The van der Waals surface area contributed by atoms with Crippen LogP contribution < -0.4 is 5.32 Å². The van der Waals surface area contributed by atoms with Gasteiger partial charge in [0.2, 0.25) is 0 Å². The highest BCUT2D eigenvalue weighted by atomic mass is 14.9. The van der Waals surface area contributed by atoms with Gasteiger partial charge in [-0.3, -0.25) is 4.98 Å². The molecule has 3 rings (SSSR count). The number of nitrogens with one attached hydrogen (secondary N) is 1. The van der Waals surface area contributed by atoms with Crippen molar-refractivity contribution < 1.29 is 0 Å². The third kappa shape index (κ3) is 1.85. The zero-order valence-electron chi connectivity index (χ0n) is 8.61. The van der Waals surface area contributed by atoms with Gasteiger partial charge in [0.05, 0.1) is 5.52 Å². The van der Waals surface area contributed by atoms with E-state index in [-0.39, 0.29) is 0 Å². The standard InChI is InChI=1S/C13H14N2/c1-2-4-13-12(3-1)10(7-8-14-13)9-15-11-5-6-11/h1-4,7-8,11,15H,5-6,9H2. The Hall–Kier alpha value is -1.41. The Morgan fingerprint density at radius 3 is 2.93 bits per heavy atom. The first-order valence-electron chi connectivity index (χ1n) is 5.49. The van der Waals surface area contributed by atoms with E-state index >= 15 is 0 Å². The average Bonchev–Trinajstić information content (AvgIpc) is 3.10. The van der Waals surface area contributed by atoms with Crippen LogP contribution in [0.25, 0.3) is 10.9 Å². The third-order valence-corrected chi connectivity index (χ3v) is 2.90. The summed E-state index contributed by atoms with van der Waals surface area (Å²) in [5, 5.41) is 4.81. The Kier molecular flexibility index (Phi) is 2.14. The van der Waals surface area contributed by atoms with Crippen molar-refractivity contribution in [1.82, 2.24) is 10.3 Å². The third-order valence-electron chi connectivity index (χ3n) is 2.90. The van der Waals surface area contributed by atoms with E-state index in [1.807, 2.05) is 12.3 Å². The average molecular weight is 198 g/mol. The number of pyridine rings is 1. The topological polar surface area (TPSA) is 24.9 Å². The molecule has 0 aliphatic heterocycles. The fourth-order valence-corrected chi connectivity index (χ4v) is 1.85. The van der Waals surface area contributed by atoms with Gasteiger partial charge in [-0.25, -0.2) is 0 Å². The van der Waals surface area contributed by atoms with Crippen LogP contribution in [0.5, 0.6) is 0 Å². The fraction of sp³-hybridized carbons (Fsp3) is 0.308. The molecule has 0 radical (unpaired) electrons. The molecule has 0 amide bonds. The molecule has 1 fully saturated rings. The molecule has 76 valence electrons. The van der Waals surface area contributed by atoms with E-state index in [0.29, 0.717) is 0 Å². The molecule has 0 atom stereocenters. The molecule has 1 aromatic heterocycles. The normalized spacial score (nSPS) is 15.7. The van der Waals surface area contributed by atoms with Gasteiger partial charge < -0.3 is 5.32 Å². The second-order valence-electron chi connectivity index (χ2n) is 4.14. The van der Waals surface area contributed by atoms with Crippen molar-refractivity contribution in [2.75, 3.05) is 0 Å². The summed E-state index contributed by atoms with van der Waals surface area (Å²) < 4.78 is 0. The minimum absolute atomic E-state index is 0.761. The fourth-order valence-electron chi connectivity index (χ4n) is 1.85. The molecule has 0 bridgehead atoms. The van der Waals surface area contributed by atoms with E-state index in [1.165, 1.54) is 23.8 Å². The van der Waals surface area contributed by atoms with Crippen molar-refractivity contribution in [2.45, 2.75) is 25.4 Å². The molecule has 1 aliphatic rings. The Balaban J connectivity index is 1.93. The number of hydrogen-bond acceptors (Lipinski definition) is 2. The van der Waals surface area contributed by atoms with Crippen LogP contribution >= 0.6 is 0 Å². The summed E-state index contributed by atoms with van der Waals surface area (Å²) in [5.41, 5.74) is 2.44. The lowest BCUT2D eigenvalue weighted by atomic mass is 10.1. The molecule has 0 saturated heterocycles. The second-order valence-corrected chi connectivity index (χ2v) is 4.14. The van der Waals surface area contributed by atoms with Crippen LogP contribution in [0.1, 0.15) is 18.4 Å². The Morgan fingerprint density at radius 2 is 2.07 bits per heavy atom. The first-order valence-corrected chi connectivity index (χ1v) is 5.49. The van der Waals surface area contributed by atoms with Gasteiger partial charge in [-0.05, 0) is 30.5 Å². The lowest BCUT2D eigenvalue weighted by Gasteiger charge is -2.06. The van der Waals surface area contributed by atoms with Gasteiger partial charge in [-0.1, -0.05) is 18.2 Å². The van der Waals surface area contributed by atoms with Gasteiger partial charge in [0.1, 0.15) is 0 Å². The molecule has 1 heterocycles. The maximum atomic E-state index is 4.36. The van der Waals surface area contributed by atoms with Crippen molar-refractivity contribution in [3.63, 3.8) is 0 Å². The number of hydrogen-bond donors (Lipinski definition) is 1. The van der Waals surface area contributed by atoms with Crippen molar-refractivity contribution in [3.05, 3.63) is 42.1 Å². The molecule has 1 aliphatic carbocycles. The van der Waals surface area contributed by atoms with Gasteiger partial charge >= 0.3 is 0 Å². The van der Waals surface area contributed by atoms with E-state index < -0.39 is 0 Å². The summed E-state index contributed by atoms with van der Waals surface area (Å²) in [4.78, 5) is 4.36. The van der Waals surface area contributed by atoms with Crippen LogP contribution in [0.3, 0.4) is 0 Å². The van der Waals surface area contributed by atoms with E-state index in [9.17, 15) is 0 Å². The first kappa shape index (κ1) is 8.86. The van der Waals surface area contributed by atoms with E-state index in [2.05, 4.69) is 34.6 Å². The summed E-state index contributed by atoms with van der Waals surface area (Å²) in [7, 11) is 0. The van der Waals surface area contributed by atoms with Crippen LogP contribution in [-0.4, -0.2) is 11.0 Å². The predicted molar refractivity (Wildman–Crippen MR) is 61.6 cm³/mol. The van der Waals surface area contributed by atoms with E-state index in [0.717, 1.165) is 18.1 Å². The van der Waals surface area contributed by atoms with Gasteiger partial charge in [0.15, 0.2) is 0 Å². The lowest BCUT2D eigenvalue weighted by Crippen LogP contribution is -2.15. The lowest BCUT2D eigenvalue weighted by molar-refractivity contribution is 0.690. The van der Waals surface area contributed by atoms with Crippen molar-refractivity contribution in [3.8, 4) is 0 Å². The van der Waals surface area contributed by atoms with E-state index in [1.54, 1.807) is 0 Å². The van der Waals surface area contributed by atoms with Gasteiger partial charge in [-0.2, -0.15) is 0 Å². The first-order chi connectivity index (χ1) is 7.43. The number of rotatable bonds is 3. The molecule has 1 saturated carbocycles. The minimum Gasteiger partial charge on any atom is -0.310 e. The molecule has 1 N–H and O–H groups in total. The zero-order valence-corrected chi connectivity index (χ0v) is 8.61. The Morgan fingerprint density at radius 1 is 1.20 bits per heavy atom. The number of nitrogens with zero attached hydrogens (tertiary/aromatic N) is 1. The smallest absolute Gasteiger partial charge is 0.0705 e. The maximum absolute atomic E-state index is 4.36. The quantitative estimate of drug-likeness (QED) is 0.819. The summed E-state index contributed by atoms with van der Waals surface area (Å²) in [6.07, 6.45) is 4.57. The predicted octanol–water partition coefficient (Wildman–Crippen LogP) is 2.49. The molecule has 1 aromatic carbocycles. The molecule has 0 spiro atoms. The Bertz CT molecular complexity index is 469. The summed E-state index contributed by atoms with van der Waals surface area (Å²) in [6, 6.07) is 11.2. The van der Waals surface area contributed by atoms with Crippen molar-refractivity contribution >= 4 is 10.9 Å². The number of aromatic nitrogens is 1. The monoisotopic (exact) mass is 198 g/mol. The zero-order chi connectivity index (χ0) is 10.1. The Labute approximate surface area is 89.3 Å². The molecule has 15 heavy (non-hydrogen) atoms. The summed E-state index contributed by atoms with van der Waals surface area (Å²) >= 11 is 0. The van der Waals surface area contributed by atoms with Crippen molar-refractivity contribution in [1.29, 1.82) is 0 Å². The molecular weight excluding hydrogens is 184 g/mol. The molecular formula is C13H14N2. The van der Waals surface area contributed by atoms with Crippen LogP contribution in [0, 0.1) is 0 Å². The van der Waals surface area contributed by atoms with Gasteiger partial charge in [-0.15, -0.1) is 0 Å². The van der Waals surface area contributed by atoms with Gasteiger partial charge in [0.25, 0.3) is 0 Å². The second kappa shape index (κ2) is 3.63. The van der Waals surface area contributed by atoms with Crippen LogP contribution in [0.4, 0.5) is 0 Å². The molecule has 2 aromatic rings. The largest absolute Gasteiger partial charge is 0.310 e. The van der Waals surface area contributed by atoms with Crippen molar-refractivity contribution in [2.24, 2.45) is 0 Å². The van der Waals surface area contributed by atoms with Crippen LogP contribution in [-0.2, 0) is 6.54 Å².